The van der Waals surface area contributed by atoms with Gasteiger partial charge in [-0.1, -0.05) is 30.3 Å². The van der Waals surface area contributed by atoms with Gasteiger partial charge in [0.2, 0.25) is 10.0 Å². The van der Waals surface area contributed by atoms with Crippen LogP contribution in [0.1, 0.15) is 24.8 Å². The van der Waals surface area contributed by atoms with E-state index in [-0.39, 0.29) is 24.6 Å². The zero-order valence-corrected chi connectivity index (χ0v) is 13.4. The van der Waals surface area contributed by atoms with Crippen molar-refractivity contribution in [3.8, 4) is 0 Å². The van der Waals surface area contributed by atoms with E-state index in [1.54, 1.807) is 7.05 Å². The molecule has 0 fully saturated rings. The van der Waals surface area contributed by atoms with E-state index in [4.69, 9.17) is 0 Å². The zero-order chi connectivity index (χ0) is 15.7. The molecule has 0 aliphatic carbocycles. The highest BCUT2D eigenvalue weighted by Gasteiger charge is 2.17. The first-order valence-electron chi connectivity index (χ1n) is 7.00. The minimum Gasteiger partial charge on any atom is -0.469 e. The average molecular weight is 313 g/mol. The summed E-state index contributed by atoms with van der Waals surface area (Å²) < 4.78 is 29.9. The zero-order valence-electron chi connectivity index (χ0n) is 12.6. The minimum atomic E-state index is -3.29. The highest BCUT2D eigenvalue weighted by molar-refractivity contribution is 7.89. The first-order chi connectivity index (χ1) is 9.95. The van der Waals surface area contributed by atoms with Crippen LogP contribution in [0.25, 0.3) is 0 Å². The molecule has 0 unspecified atom stereocenters. The molecular weight excluding hydrogens is 290 g/mol. The summed E-state index contributed by atoms with van der Waals surface area (Å²) in [4.78, 5) is 11.0. The van der Waals surface area contributed by atoms with Crippen LogP contribution < -0.4 is 0 Å². The lowest BCUT2D eigenvalue weighted by atomic mass is 10.1. The Morgan fingerprint density at radius 2 is 1.86 bits per heavy atom. The summed E-state index contributed by atoms with van der Waals surface area (Å²) in [5.41, 5.74) is 1.20. The van der Waals surface area contributed by atoms with Crippen molar-refractivity contribution in [1.82, 2.24) is 4.31 Å². The second-order valence-electron chi connectivity index (χ2n) is 4.91. The third-order valence-electron chi connectivity index (χ3n) is 3.27. The summed E-state index contributed by atoms with van der Waals surface area (Å²) in [6, 6.07) is 9.97. The summed E-state index contributed by atoms with van der Waals surface area (Å²) in [6.45, 7) is 0.482. The Morgan fingerprint density at radius 1 is 1.19 bits per heavy atom. The Balaban J connectivity index is 2.32. The van der Waals surface area contributed by atoms with Gasteiger partial charge in [0.15, 0.2) is 0 Å². The number of methoxy groups -OCH3 is 1. The van der Waals surface area contributed by atoms with Gasteiger partial charge in [0.25, 0.3) is 0 Å². The molecule has 6 heteroatoms. The van der Waals surface area contributed by atoms with Crippen LogP contribution in [0.15, 0.2) is 30.3 Å². The maximum absolute atomic E-state index is 12.0. The molecule has 5 nitrogen and oxygen atoms in total. The Labute approximate surface area is 127 Å². The Kier molecular flexibility index (Phi) is 7.39. The maximum Gasteiger partial charge on any atom is 0.305 e. The van der Waals surface area contributed by atoms with E-state index in [1.807, 2.05) is 30.3 Å². The minimum absolute atomic E-state index is 0.0239. The number of carbonyl (C=O) groups is 1. The van der Waals surface area contributed by atoms with Crippen LogP contribution in [0.4, 0.5) is 0 Å². The fraction of sp³-hybridized carbons (Fsp3) is 0.533. The van der Waals surface area contributed by atoms with Gasteiger partial charge in [0, 0.05) is 20.0 Å². The number of ether oxygens (including phenoxy) is 1. The van der Waals surface area contributed by atoms with E-state index in [0.717, 1.165) is 12.8 Å². The molecule has 0 aliphatic rings. The number of aryl methyl sites for hydroxylation is 1. The van der Waals surface area contributed by atoms with Gasteiger partial charge < -0.3 is 4.74 Å². The van der Waals surface area contributed by atoms with Gasteiger partial charge in [-0.3, -0.25) is 4.79 Å². The van der Waals surface area contributed by atoms with Crippen molar-refractivity contribution in [3.05, 3.63) is 35.9 Å². The van der Waals surface area contributed by atoms with Crippen molar-refractivity contribution < 1.29 is 17.9 Å². The Hall–Kier alpha value is -1.40. The fourth-order valence-corrected chi connectivity index (χ4v) is 3.17. The fourth-order valence-electron chi connectivity index (χ4n) is 1.95. The van der Waals surface area contributed by atoms with Gasteiger partial charge in [-0.25, -0.2) is 12.7 Å². The van der Waals surface area contributed by atoms with Crippen molar-refractivity contribution in [2.45, 2.75) is 25.7 Å². The predicted octanol–water partition coefficient (Wildman–Crippen LogP) is 1.83. The lowest BCUT2D eigenvalue weighted by Crippen LogP contribution is -2.30. The van der Waals surface area contributed by atoms with Crippen molar-refractivity contribution in [1.29, 1.82) is 0 Å². The van der Waals surface area contributed by atoms with Gasteiger partial charge in [0.05, 0.1) is 12.9 Å². The highest BCUT2D eigenvalue weighted by atomic mass is 32.2. The Bertz CT molecular complexity index is 528. The molecule has 0 saturated heterocycles. The third-order valence-corrected chi connectivity index (χ3v) is 5.20. The summed E-state index contributed by atoms with van der Waals surface area (Å²) in [6.07, 6.45) is 2.05. The molecule has 0 heterocycles. The van der Waals surface area contributed by atoms with E-state index >= 15 is 0 Å². The second-order valence-corrected chi connectivity index (χ2v) is 7.10. The molecule has 0 atom stereocenters. The molecule has 0 radical (unpaired) electrons. The van der Waals surface area contributed by atoms with Crippen molar-refractivity contribution in [3.63, 3.8) is 0 Å². The van der Waals surface area contributed by atoms with Crippen LogP contribution in [-0.4, -0.2) is 45.1 Å². The number of hydrogen-bond acceptors (Lipinski definition) is 4. The second kappa shape index (κ2) is 8.79. The number of nitrogens with zero attached hydrogens (tertiary/aromatic N) is 1. The molecule has 0 saturated carbocycles. The smallest absolute Gasteiger partial charge is 0.305 e. The molecule has 1 aromatic carbocycles. The summed E-state index contributed by atoms with van der Waals surface area (Å²) >= 11 is 0. The monoisotopic (exact) mass is 313 g/mol. The number of hydrogen-bond donors (Lipinski definition) is 0. The number of benzene rings is 1. The number of sulfonamides is 1. The highest BCUT2D eigenvalue weighted by Crippen LogP contribution is 2.07. The lowest BCUT2D eigenvalue weighted by molar-refractivity contribution is -0.140. The maximum atomic E-state index is 12.0. The van der Waals surface area contributed by atoms with Crippen LogP contribution in [0.5, 0.6) is 0 Å². The van der Waals surface area contributed by atoms with Crippen LogP contribution in [-0.2, 0) is 26.0 Å². The Morgan fingerprint density at radius 3 is 2.48 bits per heavy atom. The van der Waals surface area contributed by atoms with E-state index in [9.17, 15) is 13.2 Å². The first kappa shape index (κ1) is 17.7. The first-order valence-corrected chi connectivity index (χ1v) is 8.61. The molecule has 21 heavy (non-hydrogen) atoms. The van der Waals surface area contributed by atoms with Crippen LogP contribution in [0.2, 0.25) is 0 Å². The third kappa shape index (κ3) is 6.73. The molecule has 1 rings (SSSR count). The van der Waals surface area contributed by atoms with E-state index in [2.05, 4.69) is 4.74 Å². The summed E-state index contributed by atoms with van der Waals surface area (Å²) in [7, 11) is -0.413. The normalized spacial score (nSPS) is 11.6. The van der Waals surface area contributed by atoms with Crippen LogP contribution in [0, 0.1) is 0 Å². The molecule has 0 bridgehead atoms. The molecule has 0 amide bonds. The van der Waals surface area contributed by atoms with Gasteiger partial charge in [-0.15, -0.1) is 0 Å². The standard InChI is InChI=1S/C15H23NO4S/c1-16(12-6-10-14-8-4-3-5-9-14)21(18,19)13-7-11-15(17)20-2/h3-5,8-9H,6-7,10-13H2,1-2H3. The molecule has 118 valence electrons. The molecule has 0 aromatic heterocycles. The summed E-state index contributed by atoms with van der Waals surface area (Å²) in [5, 5.41) is 0. The molecule has 0 aliphatic heterocycles. The van der Waals surface area contributed by atoms with E-state index in [1.165, 1.54) is 17.0 Å². The van der Waals surface area contributed by atoms with Gasteiger partial charge in [0.1, 0.15) is 0 Å². The van der Waals surface area contributed by atoms with Crippen molar-refractivity contribution >= 4 is 16.0 Å². The van der Waals surface area contributed by atoms with Crippen molar-refractivity contribution in [2.24, 2.45) is 0 Å². The molecule has 0 N–H and O–H groups in total. The van der Waals surface area contributed by atoms with E-state index < -0.39 is 10.0 Å². The predicted molar refractivity (Wildman–Crippen MR) is 82.4 cm³/mol. The lowest BCUT2D eigenvalue weighted by Gasteiger charge is -2.16. The number of esters is 1. The SMILES string of the molecule is COC(=O)CCCS(=O)(=O)N(C)CCCc1ccccc1. The molecule has 1 aromatic rings. The van der Waals surface area contributed by atoms with Crippen molar-refractivity contribution in [2.75, 3.05) is 26.5 Å². The summed E-state index contributed by atoms with van der Waals surface area (Å²) in [5.74, 6) is -0.402. The van der Waals surface area contributed by atoms with Gasteiger partial charge >= 0.3 is 5.97 Å². The topological polar surface area (TPSA) is 63.7 Å². The number of carbonyl (C=O) groups excluding carboxylic acids is 1. The number of rotatable bonds is 9. The van der Waals surface area contributed by atoms with Crippen LogP contribution in [0.3, 0.4) is 0 Å². The largest absolute Gasteiger partial charge is 0.469 e. The molecule has 0 spiro atoms. The van der Waals surface area contributed by atoms with Gasteiger partial charge in [-0.2, -0.15) is 0 Å². The van der Waals surface area contributed by atoms with Gasteiger partial charge in [-0.05, 0) is 24.8 Å². The quantitative estimate of drug-likeness (QED) is 0.653. The molecular formula is C15H23NO4S. The van der Waals surface area contributed by atoms with E-state index in [0.29, 0.717) is 6.54 Å². The van der Waals surface area contributed by atoms with Crippen LogP contribution >= 0.6 is 0 Å². The average Bonchev–Trinajstić information content (AvgIpc) is 2.47.